The third-order valence-electron chi connectivity index (χ3n) is 5.98. The van der Waals surface area contributed by atoms with Gasteiger partial charge in [-0.2, -0.15) is 0 Å². The highest BCUT2D eigenvalue weighted by Gasteiger charge is 2.31. The fraction of sp³-hybridized carbons (Fsp3) is 0.480. The molecule has 0 atom stereocenters. The lowest BCUT2D eigenvalue weighted by molar-refractivity contribution is 0.0705. The quantitative estimate of drug-likeness (QED) is 0.617. The van der Waals surface area contributed by atoms with Gasteiger partial charge >= 0.3 is 0 Å². The summed E-state index contributed by atoms with van der Waals surface area (Å²) in [5, 5.41) is 2.93. The summed E-state index contributed by atoms with van der Waals surface area (Å²) in [5.41, 5.74) is 2.82. The largest absolute Gasteiger partial charge is 0.454 e. The lowest BCUT2D eigenvalue weighted by atomic mass is 9.89. The van der Waals surface area contributed by atoms with E-state index >= 15 is 0 Å². The number of aryl methyl sites for hydroxylation is 1. The van der Waals surface area contributed by atoms with Gasteiger partial charge < -0.3 is 24.4 Å². The average Bonchev–Trinajstić information content (AvgIpc) is 3.32. The van der Waals surface area contributed by atoms with Gasteiger partial charge in [0.05, 0.1) is 23.4 Å². The number of hydrogen-bond acceptors (Lipinski definition) is 6. The van der Waals surface area contributed by atoms with Gasteiger partial charge in [-0.1, -0.05) is 13.0 Å². The molecule has 3 heterocycles. The second-order valence-electron chi connectivity index (χ2n) is 8.36. The number of carbonyl (C=O) groups is 2. The van der Waals surface area contributed by atoms with Gasteiger partial charge in [-0.25, -0.2) is 0 Å². The van der Waals surface area contributed by atoms with Crippen LogP contribution in [0, 0.1) is 6.92 Å². The molecular weight excluding hydrogens is 422 g/mol. The van der Waals surface area contributed by atoms with Gasteiger partial charge in [0.2, 0.25) is 6.79 Å². The van der Waals surface area contributed by atoms with Crippen LogP contribution in [0.3, 0.4) is 0 Å². The maximum Gasteiger partial charge on any atom is 0.257 e. The van der Waals surface area contributed by atoms with Crippen molar-refractivity contribution in [2.75, 3.05) is 39.6 Å². The summed E-state index contributed by atoms with van der Waals surface area (Å²) >= 11 is 0. The molecule has 0 saturated carbocycles. The van der Waals surface area contributed by atoms with Crippen molar-refractivity contribution >= 4 is 11.8 Å². The molecule has 1 fully saturated rings. The molecule has 2 aliphatic rings. The number of amides is 2. The smallest absolute Gasteiger partial charge is 0.257 e. The Kier molecular flexibility index (Phi) is 7.44. The van der Waals surface area contributed by atoms with Crippen LogP contribution >= 0.6 is 0 Å². The van der Waals surface area contributed by atoms with Gasteiger partial charge in [-0.15, -0.1) is 0 Å². The number of aromatic nitrogens is 1. The molecule has 0 spiro atoms. The monoisotopic (exact) mass is 453 g/mol. The fourth-order valence-corrected chi connectivity index (χ4v) is 4.28. The topological polar surface area (TPSA) is 90.0 Å². The third-order valence-corrected chi connectivity index (χ3v) is 5.98. The van der Waals surface area contributed by atoms with Gasteiger partial charge in [0.1, 0.15) is 0 Å². The summed E-state index contributed by atoms with van der Waals surface area (Å²) in [6.45, 7) is 6.95. The number of benzene rings is 1. The number of ether oxygens (including phenoxy) is 3. The summed E-state index contributed by atoms with van der Waals surface area (Å²) < 4.78 is 16.4. The number of pyridine rings is 1. The highest BCUT2D eigenvalue weighted by Crippen LogP contribution is 2.37. The summed E-state index contributed by atoms with van der Waals surface area (Å²) in [4.78, 5) is 32.5. The van der Waals surface area contributed by atoms with E-state index in [1.807, 2.05) is 30.0 Å². The second-order valence-corrected chi connectivity index (χ2v) is 8.36. The van der Waals surface area contributed by atoms with Crippen molar-refractivity contribution in [2.24, 2.45) is 0 Å². The Morgan fingerprint density at radius 1 is 1.12 bits per heavy atom. The molecule has 8 heteroatoms. The van der Waals surface area contributed by atoms with Crippen molar-refractivity contribution in [2.45, 2.75) is 39.0 Å². The molecule has 0 bridgehead atoms. The number of piperidine rings is 1. The van der Waals surface area contributed by atoms with Gasteiger partial charge in [0.15, 0.2) is 11.5 Å². The first kappa shape index (κ1) is 23.0. The molecule has 2 aliphatic heterocycles. The molecule has 1 N–H and O–H groups in total. The first-order chi connectivity index (χ1) is 16.1. The van der Waals surface area contributed by atoms with Crippen LogP contribution in [0.15, 0.2) is 30.3 Å². The Bertz CT molecular complexity index is 1000. The number of carbonyl (C=O) groups excluding carboxylic acids is 2. The number of para-hydroxylation sites is 1. The minimum Gasteiger partial charge on any atom is -0.454 e. The van der Waals surface area contributed by atoms with Crippen molar-refractivity contribution < 1.29 is 23.8 Å². The van der Waals surface area contributed by atoms with Gasteiger partial charge in [-0.3, -0.25) is 14.6 Å². The fourth-order valence-electron chi connectivity index (χ4n) is 4.28. The van der Waals surface area contributed by atoms with Crippen molar-refractivity contribution in [1.82, 2.24) is 15.2 Å². The SMILES string of the molecule is CCCOCCNC(=O)c1ccc(C)nc1C1CCN(C(=O)c2cccc3c2OCO3)CC1. The summed E-state index contributed by atoms with van der Waals surface area (Å²) in [7, 11) is 0. The Hall–Kier alpha value is -3.13. The zero-order valence-corrected chi connectivity index (χ0v) is 19.3. The molecule has 1 aromatic carbocycles. The zero-order chi connectivity index (χ0) is 23.2. The molecule has 0 unspecified atom stereocenters. The van der Waals surface area contributed by atoms with Gasteiger partial charge in [0, 0.05) is 37.9 Å². The van der Waals surface area contributed by atoms with Crippen molar-refractivity contribution in [3.8, 4) is 11.5 Å². The predicted octanol–water partition coefficient (Wildman–Crippen LogP) is 3.29. The van der Waals surface area contributed by atoms with Crippen LogP contribution in [0.5, 0.6) is 11.5 Å². The molecular formula is C25H31N3O5. The minimum atomic E-state index is -0.131. The van der Waals surface area contributed by atoms with Crippen LogP contribution in [-0.2, 0) is 4.74 Å². The van der Waals surface area contributed by atoms with E-state index in [0.717, 1.165) is 30.7 Å². The van der Waals surface area contributed by atoms with Crippen LogP contribution < -0.4 is 14.8 Å². The molecule has 0 aliphatic carbocycles. The maximum absolute atomic E-state index is 13.1. The number of nitrogens with one attached hydrogen (secondary N) is 1. The number of fused-ring (bicyclic) bond motifs is 1. The van der Waals surface area contributed by atoms with Gasteiger partial charge in [0.25, 0.3) is 11.8 Å². The molecule has 0 radical (unpaired) electrons. The molecule has 1 saturated heterocycles. The van der Waals surface area contributed by atoms with Crippen molar-refractivity contribution in [1.29, 1.82) is 0 Å². The van der Waals surface area contributed by atoms with E-state index in [2.05, 4.69) is 12.2 Å². The Morgan fingerprint density at radius 2 is 1.94 bits per heavy atom. The van der Waals surface area contributed by atoms with E-state index in [4.69, 9.17) is 19.2 Å². The molecule has 4 rings (SSSR count). The summed E-state index contributed by atoms with van der Waals surface area (Å²) in [6.07, 6.45) is 2.44. The molecule has 2 amide bonds. The average molecular weight is 454 g/mol. The Balaban J connectivity index is 1.40. The van der Waals surface area contributed by atoms with Crippen LogP contribution in [0.2, 0.25) is 0 Å². The first-order valence-electron chi connectivity index (χ1n) is 11.6. The lowest BCUT2D eigenvalue weighted by Crippen LogP contribution is -2.38. The molecule has 2 aromatic rings. The third kappa shape index (κ3) is 5.27. The van der Waals surface area contributed by atoms with E-state index in [1.165, 1.54) is 0 Å². The maximum atomic E-state index is 13.1. The zero-order valence-electron chi connectivity index (χ0n) is 19.3. The highest BCUT2D eigenvalue weighted by atomic mass is 16.7. The molecule has 33 heavy (non-hydrogen) atoms. The van der Waals surface area contributed by atoms with E-state index < -0.39 is 0 Å². The van der Waals surface area contributed by atoms with Crippen molar-refractivity contribution in [3.05, 3.63) is 52.8 Å². The van der Waals surface area contributed by atoms with E-state index in [1.54, 1.807) is 12.1 Å². The number of likely N-dealkylation sites (tertiary alicyclic amines) is 1. The molecule has 8 nitrogen and oxygen atoms in total. The summed E-state index contributed by atoms with van der Waals surface area (Å²) in [5.74, 6) is 1.06. The molecule has 1 aromatic heterocycles. The Labute approximate surface area is 194 Å². The van der Waals surface area contributed by atoms with Crippen LogP contribution in [0.1, 0.15) is 64.2 Å². The van der Waals surface area contributed by atoms with E-state index in [-0.39, 0.29) is 24.5 Å². The number of hydrogen-bond donors (Lipinski definition) is 1. The second kappa shape index (κ2) is 10.7. The van der Waals surface area contributed by atoms with Crippen LogP contribution in [0.4, 0.5) is 0 Å². The van der Waals surface area contributed by atoms with E-state index in [0.29, 0.717) is 55.5 Å². The van der Waals surface area contributed by atoms with Crippen LogP contribution in [-0.4, -0.2) is 61.3 Å². The minimum absolute atomic E-state index is 0.0574. The summed E-state index contributed by atoms with van der Waals surface area (Å²) in [6, 6.07) is 9.10. The van der Waals surface area contributed by atoms with Crippen molar-refractivity contribution in [3.63, 3.8) is 0 Å². The predicted molar refractivity (Wildman–Crippen MR) is 123 cm³/mol. The van der Waals surface area contributed by atoms with Crippen LogP contribution in [0.25, 0.3) is 0 Å². The lowest BCUT2D eigenvalue weighted by Gasteiger charge is -2.32. The number of rotatable bonds is 8. The Morgan fingerprint density at radius 3 is 2.73 bits per heavy atom. The van der Waals surface area contributed by atoms with E-state index in [9.17, 15) is 9.59 Å². The highest BCUT2D eigenvalue weighted by molar-refractivity contribution is 5.98. The standard InChI is InChI=1S/C25H31N3O5/c1-3-14-31-15-11-26-24(29)19-8-7-17(2)27-22(19)18-9-12-28(13-10-18)25(30)20-5-4-6-21-23(20)33-16-32-21/h4-8,18H,3,9-16H2,1-2H3,(H,26,29). The first-order valence-corrected chi connectivity index (χ1v) is 11.6. The normalized spacial score (nSPS) is 15.5. The number of nitrogens with zero attached hydrogens (tertiary/aromatic N) is 2. The molecule has 176 valence electrons. The van der Waals surface area contributed by atoms with Gasteiger partial charge in [-0.05, 0) is 50.5 Å².